The molecule has 0 saturated carbocycles. The summed E-state index contributed by atoms with van der Waals surface area (Å²) in [6, 6.07) is 0. The van der Waals surface area contributed by atoms with Crippen molar-refractivity contribution in [1.82, 2.24) is 4.98 Å². The van der Waals surface area contributed by atoms with Crippen molar-refractivity contribution >= 4 is 11.3 Å². The Kier molecular flexibility index (Phi) is 5.56. The van der Waals surface area contributed by atoms with Gasteiger partial charge in [0.15, 0.2) is 0 Å². The van der Waals surface area contributed by atoms with Gasteiger partial charge in [-0.05, 0) is 27.2 Å². The number of nitrogens with zero attached hydrogens (tertiary/aromatic N) is 1. The van der Waals surface area contributed by atoms with Crippen LogP contribution in [0.25, 0.3) is 0 Å². The van der Waals surface area contributed by atoms with Gasteiger partial charge in [-0.3, -0.25) is 0 Å². The van der Waals surface area contributed by atoms with Gasteiger partial charge in [0.2, 0.25) is 0 Å². The van der Waals surface area contributed by atoms with Crippen LogP contribution in [0, 0.1) is 0 Å². The summed E-state index contributed by atoms with van der Waals surface area (Å²) in [4.78, 5) is 4.70. The fourth-order valence-corrected chi connectivity index (χ4v) is 2.89. The van der Waals surface area contributed by atoms with Gasteiger partial charge in [0.1, 0.15) is 10.6 Å². The standard InChI is InChI=1S/C13H24N2OS/c1-5-7-10(8-14)11-9-17-12(15-11)13(3,4)16-6-2/h9-10H,5-8,14H2,1-4H3. The Morgan fingerprint density at radius 3 is 2.71 bits per heavy atom. The zero-order valence-electron chi connectivity index (χ0n) is 11.3. The first-order valence-electron chi connectivity index (χ1n) is 6.35. The zero-order chi connectivity index (χ0) is 12.9. The van der Waals surface area contributed by atoms with Crippen molar-refractivity contribution in [2.45, 2.75) is 52.1 Å². The predicted octanol–water partition coefficient (Wildman–Crippen LogP) is 3.26. The van der Waals surface area contributed by atoms with Gasteiger partial charge < -0.3 is 10.5 Å². The SMILES string of the molecule is CCCC(CN)c1csc(C(C)(C)OCC)n1. The molecule has 1 unspecified atom stereocenters. The lowest BCUT2D eigenvalue weighted by Crippen LogP contribution is -2.21. The average Bonchev–Trinajstić information content (AvgIpc) is 2.75. The average molecular weight is 256 g/mol. The molecular weight excluding hydrogens is 232 g/mol. The molecule has 1 aromatic heterocycles. The normalized spacial score (nSPS) is 13.9. The Labute approximate surface area is 108 Å². The highest BCUT2D eigenvalue weighted by atomic mass is 32.1. The molecule has 1 rings (SSSR count). The molecule has 0 aromatic carbocycles. The minimum atomic E-state index is -0.289. The number of thiazole rings is 1. The van der Waals surface area contributed by atoms with Gasteiger partial charge in [0, 0.05) is 24.4 Å². The van der Waals surface area contributed by atoms with Crippen LogP contribution in [0.5, 0.6) is 0 Å². The van der Waals surface area contributed by atoms with Gasteiger partial charge >= 0.3 is 0 Å². The van der Waals surface area contributed by atoms with E-state index in [0.29, 0.717) is 19.1 Å². The third kappa shape index (κ3) is 3.76. The van der Waals surface area contributed by atoms with Crippen molar-refractivity contribution in [3.05, 3.63) is 16.1 Å². The maximum atomic E-state index is 5.80. The van der Waals surface area contributed by atoms with Crippen molar-refractivity contribution in [3.8, 4) is 0 Å². The topological polar surface area (TPSA) is 48.1 Å². The highest BCUT2D eigenvalue weighted by Crippen LogP contribution is 2.30. The molecule has 1 heterocycles. The quantitative estimate of drug-likeness (QED) is 0.814. The van der Waals surface area contributed by atoms with Crippen LogP contribution in [-0.2, 0) is 10.3 Å². The summed E-state index contributed by atoms with van der Waals surface area (Å²) in [6.45, 7) is 9.70. The first-order valence-corrected chi connectivity index (χ1v) is 7.23. The minimum absolute atomic E-state index is 0.289. The fourth-order valence-electron chi connectivity index (χ4n) is 1.91. The predicted molar refractivity (Wildman–Crippen MR) is 73.5 cm³/mol. The molecule has 0 aliphatic carbocycles. The van der Waals surface area contributed by atoms with Gasteiger partial charge in [-0.1, -0.05) is 13.3 Å². The number of aromatic nitrogens is 1. The molecule has 0 fully saturated rings. The van der Waals surface area contributed by atoms with Gasteiger partial charge in [-0.25, -0.2) is 4.98 Å². The van der Waals surface area contributed by atoms with Crippen molar-refractivity contribution in [2.75, 3.05) is 13.2 Å². The van der Waals surface area contributed by atoms with E-state index in [4.69, 9.17) is 15.5 Å². The lowest BCUT2D eigenvalue weighted by atomic mass is 10.0. The highest BCUT2D eigenvalue weighted by Gasteiger charge is 2.25. The summed E-state index contributed by atoms with van der Waals surface area (Å²) < 4.78 is 5.72. The second kappa shape index (κ2) is 6.47. The smallest absolute Gasteiger partial charge is 0.124 e. The summed E-state index contributed by atoms with van der Waals surface area (Å²) in [6.07, 6.45) is 2.25. The molecule has 17 heavy (non-hydrogen) atoms. The number of ether oxygens (including phenoxy) is 1. The van der Waals surface area contributed by atoms with Crippen LogP contribution >= 0.6 is 11.3 Å². The fraction of sp³-hybridized carbons (Fsp3) is 0.769. The van der Waals surface area contributed by atoms with E-state index < -0.39 is 0 Å². The molecule has 0 aliphatic rings. The van der Waals surface area contributed by atoms with Crippen LogP contribution in [0.2, 0.25) is 0 Å². The number of nitrogens with two attached hydrogens (primary N) is 1. The molecule has 0 aliphatic heterocycles. The number of rotatable bonds is 7. The molecule has 0 spiro atoms. The van der Waals surface area contributed by atoms with Crippen LogP contribution in [-0.4, -0.2) is 18.1 Å². The molecule has 98 valence electrons. The van der Waals surface area contributed by atoms with Crippen molar-refractivity contribution in [3.63, 3.8) is 0 Å². The maximum absolute atomic E-state index is 5.80. The van der Waals surface area contributed by atoms with E-state index >= 15 is 0 Å². The maximum Gasteiger partial charge on any atom is 0.124 e. The van der Waals surface area contributed by atoms with Crippen molar-refractivity contribution in [1.29, 1.82) is 0 Å². The molecule has 4 heteroatoms. The number of hydrogen-bond acceptors (Lipinski definition) is 4. The van der Waals surface area contributed by atoms with Crippen LogP contribution in [0.3, 0.4) is 0 Å². The van der Waals surface area contributed by atoms with Crippen LogP contribution in [0.4, 0.5) is 0 Å². The van der Waals surface area contributed by atoms with E-state index in [2.05, 4.69) is 26.2 Å². The summed E-state index contributed by atoms with van der Waals surface area (Å²) in [7, 11) is 0. The Morgan fingerprint density at radius 2 is 2.18 bits per heavy atom. The van der Waals surface area contributed by atoms with Crippen LogP contribution in [0.1, 0.15) is 57.2 Å². The molecule has 0 amide bonds. The second-order valence-electron chi connectivity index (χ2n) is 4.74. The number of hydrogen-bond donors (Lipinski definition) is 1. The molecule has 0 bridgehead atoms. The Balaban J connectivity index is 2.82. The molecule has 0 saturated heterocycles. The summed E-state index contributed by atoms with van der Waals surface area (Å²) in [5.74, 6) is 0.391. The zero-order valence-corrected chi connectivity index (χ0v) is 12.1. The van der Waals surface area contributed by atoms with Crippen molar-refractivity contribution < 1.29 is 4.74 Å². The Morgan fingerprint density at radius 1 is 1.47 bits per heavy atom. The largest absolute Gasteiger partial charge is 0.369 e. The summed E-state index contributed by atoms with van der Waals surface area (Å²) in [5.41, 5.74) is 6.64. The molecule has 1 atom stereocenters. The second-order valence-corrected chi connectivity index (χ2v) is 5.60. The van der Waals surface area contributed by atoms with E-state index in [0.717, 1.165) is 23.5 Å². The van der Waals surface area contributed by atoms with Gasteiger partial charge in [-0.2, -0.15) is 0 Å². The van der Waals surface area contributed by atoms with Crippen molar-refractivity contribution in [2.24, 2.45) is 5.73 Å². The molecule has 1 aromatic rings. The molecular formula is C13H24N2OS. The monoisotopic (exact) mass is 256 g/mol. The Bertz CT molecular complexity index is 336. The van der Waals surface area contributed by atoms with E-state index in [1.54, 1.807) is 11.3 Å². The molecule has 0 radical (unpaired) electrons. The van der Waals surface area contributed by atoms with Crippen LogP contribution < -0.4 is 5.73 Å². The summed E-state index contributed by atoms with van der Waals surface area (Å²) in [5, 5.41) is 3.17. The summed E-state index contributed by atoms with van der Waals surface area (Å²) >= 11 is 1.67. The van der Waals surface area contributed by atoms with Crippen LogP contribution in [0.15, 0.2) is 5.38 Å². The van der Waals surface area contributed by atoms with E-state index in [9.17, 15) is 0 Å². The third-order valence-corrected chi connectivity index (χ3v) is 4.05. The molecule has 2 N–H and O–H groups in total. The first kappa shape index (κ1) is 14.6. The minimum Gasteiger partial charge on any atom is -0.369 e. The van der Waals surface area contributed by atoms with Gasteiger partial charge in [0.25, 0.3) is 0 Å². The van der Waals surface area contributed by atoms with E-state index in [1.165, 1.54) is 0 Å². The Hall–Kier alpha value is -0.450. The molecule has 3 nitrogen and oxygen atoms in total. The lowest BCUT2D eigenvalue weighted by molar-refractivity contribution is -0.0142. The van der Waals surface area contributed by atoms with Gasteiger partial charge in [0.05, 0.1) is 5.69 Å². The first-order chi connectivity index (χ1) is 8.05. The van der Waals surface area contributed by atoms with Gasteiger partial charge in [-0.15, -0.1) is 11.3 Å². The van der Waals surface area contributed by atoms with E-state index in [-0.39, 0.29) is 5.60 Å². The van der Waals surface area contributed by atoms with E-state index in [1.807, 2.05) is 6.92 Å². The lowest BCUT2D eigenvalue weighted by Gasteiger charge is -2.21. The third-order valence-electron chi connectivity index (χ3n) is 2.88. The highest BCUT2D eigenvalue weighted by molar-refractivity contribution is 7.09.